The van der Waals surface area contributed by atoms with Crippen LogP contribution in [0.2, 0.25) is 0 Å². The molecule has 0 bridgehead atoms. The van der Waals surface area contributed by atoms with Gasteiger partial charge in [0.1, 0.15) is 22.9 Å². The van der Waals surface area contributed by atoms with E-state index in [0.717, 1.165) is 66.7 Å². The number of hydrogen-bond donors (Lipinski definition) is 0. The summed E-state index contributed by atoms with van der Waals surface area (Å²) in [7, 11) is 8.92. The number of nitrogens with zero attached hydrogens (tertiary/aromatic N) is 4. The van der Waals surface area contributed by atoms with E-state index >= 15 is 0 Å². The molecule has 244 valence electrons. The van der Waals surface area contributed by atoms with Crippen LogP contribution in [0.3, 0.4) is 0 Å². The summed E-state index contributed by atoms with van der Waals surface area (Å²) in [5.41, 5.74) is 5.88. The number of rotatable bonds is 14. The fraction of sp³-hybridized carbons (Fsp3) is 0.421. The predicted octanol–water partition coefficient (Wildman–Crippen LogP) is 7.17. The van der Waals surface area contributed by atoms with E-state index in [1.54, 1.807) is 14.2 Å². The van der Waals surface area contributed by atoms with Crippen LogP contribution in [0.1, 0.15) is 53.7 Å². The molecule has 46 heavy (non-hydrogen) atoms. The Balaban J connectivity index is 1.60. The maximum absolute atomic E-state index is 12.4. The number of methoxy groups -OCH3 is 3. The van der Waals surface area contributed by atoms with Gasteiger partial charge in [-0.15, -0.1) is 0 Å². The molecule has 0 spiro atoms. The number of imidazole rings is 1. The molecule has 0 saturated heterocycles. The summed E-state index contributed by atoms with van der Waals surface area (Å²) in [5, 5.41) is 0. The zero-order valence-corrected chi connectivity index (χ0v) is 28.0. The van der Waals surface area contributed by atoms with Crippen LogP contribution < -0.4 is 9.47 Å². The predicted molar refractivity (Wildman–Crippen MR) is 183 cm³/mol. The van der Waals surface area contributed by atoms with E-state index in [2.05, 4.69) is 64.9 Å². The van der Waals surface area contributed by atoms with Gasteiger partial charge in [0, 0.05) is 43.9 Å². The van der Waals surface area contributed by atoms with Gasteiger partial charge in [0.2, 0.25) is 0 Å². The molecule has 3 aromatic carbocycles. The summed E-state index contributed by atoms with van der Waals surface area (Å²) in [6.07, 6.45) is 6.40. The van der Waals surface area contributed by atoms with Crippen LogP contribution in [0.5, 0.6) is 11.5 Å². The lowest BCUT2D eigenvalue weighted by Gasteiger charge is -2.31. The average Bonchev–Trinajstić information content (AvgIpc) is 3.45. The van der Waals surface area contributed by atoms with Gasteiger partial charge in [0.05, 0.1) is 32.7 Å². The summed E-state index contributed by atoms with van der Waals surface area (Å²) in [6.45, 7) is 4.14. The van der Waals surface area contributed by atoms with Gasteiger partial charge in [-0.25, -0.2) is 9.78 Å². The summed E-state index contributed by atoms with van der Waals surface area (Å²) in [6, 6.07) is 24.5. The van der Waals surface area contributed by atoms with Crippen molar-refractivity contribution in [3.8, 4) is 34.1 Å². The lowest BCUT2D eigenvalue weighted by Crippen LogP contribution is -2.31. The van der Waals surface area contributed by atoms with Crippen LogP contribution in [0.4, 0.5) is 0 Å². The third-order valence-corrected chi connectivity index (χ3v) is 8.93. The molecular formula is C38H48N4O4. The van der Waals surface area contributed by atoms with Crippen molar-refractivity contribution in [2.75, 3.05) is 48.5 Å². The highest BCUT2D eigenvalue weighted by molar-refractivity contribution is 5.92. The maximum atomic E-state index is 12.4. The molecule has 0 atom stereocenters. The zero-order valence-electron chi connectivity index (χ0n) is 28.0. The molecule has 8 nitrogen and oxygen atoms in total. The molecule has 4 aromatic rings. The molecule has 0 unspecified atom stereocenters. The molecule has 8 heteroatoms. The van der Waals surface area contributed by atoms with E-state index in [9.17, 15) is 4.79 Å². The number of aromatic nitrogens is 2. The van der Waals surface area contributed by atoms with Crippen LogP contribution in [0.15, 0.2) is 72.8 Å². The van der Waals surface area contributed by atoms with E-state index in [1.807, 2.05) is 36.4 Å². The topological polar surface area (TPSA) is 69.1 Å². The number of carbonyl (C=O) groups is 1. The van der Waals surface area contributed by atoms with Crippen LogP contribution >= 0.6 is 0 Å². The van der Waals surface area contributed by atoms with E-state index in [-0.39, 0.29) is 0 Å². The molecule has 1 heterocycles. The molecule has 1 saturated carbocycles. The van der Waals surface area contributed by atoms with Crippen LogP contribution in [-0.2, 0) is 24.4 Å². The highest BCUT2D eigenvalue weighted by atomic mass is 16.5. The fourth-order valence-corrected chi connectivity index (χ4v) is 6.48. The minimum Gasteiger partial charge on any atom is -0.497 e. The highest BCUT2D eigenvalue weighted by Crippen LogP contribution is 2.33. The summed E-state index contributed by atoms with van der Waals surface area (Å²) < 4.78 is 18.5. The van der Waals surface area contributed by atoms with Crippen LogP contribution in [-0.4, -0.2) is 73.8 Å². The van der Waals surface area contributed by atoms with Gasteiger partial charge in [0.25, 0.3) is 0 Å². The highest BCUT2D eigenvalue weighted by Gasteiger charge is 2.25. The van der Waals surface area contributed by atoms with Gasteiger partial charge in [0.15, 0.2) is 0 Å². The van der Waals surface area contributed by atoms with Gasteiger partial charge in [-0.1, -0.05) is 55.7 Å². The van der Waals surface area contributed by atoms with Crippen molar-refractivity contribution >= 4 is 5.97 Å². The van der Waals surface area contributed by atoms with Crippen molar-refractivity contribution < 1.29 is 19.0 Å². The molecular weight excluding hydrogens is 576 g/mol. The molecule has 0 radical (unpaired) electrons. The summed E-state index contributed by atoms with van der Waals surface area (Å²) in [5.74, 6) is 2.57. The third-order valence-electron chi connectivity index (χ3n) is 8.93. The first-order valence-electron chi connectivity index (χ1n) is 16.3. The van der Waals surface area contributed by atoms with Gasteiger partial charge >= 0.3 is 5.97 Å². The van der Waals surface area contributed by atoms with Crippen LogP contribution in [0, 0.1) is 5.92 Å². The number of carbonyl (C=O) groups excluding carboxylic acids is 1. The summed E-state index contributed by atoms with van der Waals surface area (Å²) in [4.78, 5) is 22.5. The second-order valence-electron chi connectivity index (χ2n) is 12.5. The number of likely N-dealkylation sites (N-methyl/N-ethyl adjacent to an activating group) is 1. The quantitative estimate of drug-likeness (QED) is 0.138. The number of benzene rings is 3. The molecule has 0 N–H and O–H groups in total. The fourth-order valence-electron chi connectivity index (χ4n) is 6.48. The lowest BCUT2D eigenvalue weighted by molar-refractivity contribution is 0.0597. The first-order valence-corrected chi connectivity index (χ1v) is 16.3. The molecule has 1 aromatic heterocycles. The van der Waals surface area contributed by atoms with E-state index in [4.69, 9.17) is 19.2 Å². The maximum Gasteiger partial charge on any atom is 0.341 e. The first kappa shape index (κ1) is 33.2. The normalized spacial score (nSPS) is 13.7. The smallest absolute Gasteiger partial charge is 0.341 e. The Labute approximate surface area is 273 Å². The minimum absolute atomic E-state index is 0.398. The van der Waals surface area contributed by atoms with Crippen molar-refractivity contribution in [2.24, 2.45) is 5.92 Å². The Morgan fingerprint density at radius 1 is 0.870 bits per heavy atom. The standard InChI is InChI=1S/C38H48N4O4/c1-40(2)22-23-42-34(36(30-17-19-32(44-3)20-18-30)39-37(42)31-14-10-7-11-15-31)27-41(25-28-12-8-6-9-13-28)26-29-16-21-33(38(43)46-5)35(24-29)45-4/h7,10-11,14-21,24,28H,6,8-9,12-13,22-23,25-27H2,1-5H3. The monoisotopic (exact) mass is 624 g/mol. The number of esters is 1. The zero-order chi connectivity index (χ0) is 32.5. The lowest BCUT2D eigenvalue weighted by atomic mass is 9.88. The molecule has 0 amide bonds. The first-order chi connectivity index (χ1) is 22.4. The van der Waals surface area contributed by atoms with E-state index in [1.165, 1.54) is 44.9 Å². The second-order valence-corrected chi connectivity index (χ2v) is 12.5. The molecule has 1 aliphatic carbocycles. The molecule has 0 aliphatic heterocycles. The van der Waals surface area contributed by atoms with Gasteiger partial charge in [-0.05, 0) is 74.8 Å². The number of ether oxygens (including phenoxy) is 3. The van der Waals surface area contributed by atoms with Gasteiger partial charge < -0.3 is 23.7 Å². The average molecular weight is 625 g/mol. The van der Waals surface area contributed by atoms with E-state index in [0.29, 0.717) is 17.2 Å². The molecule has 1 aliphatic rings. The van der Waals surface area contributed by atoms with E-state index < -0.39 is 5.97 Å². The van der Waals surface area contributed by atoms with Crippen molar-refractivity contribution in [1.82, 2.24) is 19.4 Å². The van der Waals surface area contributed by atoms with Crippen LogP contribution in [0.25, 0.3) is 22.6 Å². The third kappa shape index (κ3) is 8.17. The Morgan fingerprint density at radius 2 is 1.61 bits per heavy atom. The Morgan fingerprint density at radius 3 is 2.26 bits per heavy atom. The molecule has 1 fully saturated rings. The largest absolute Gasteiger partial charge is 0.497 e. The van der Waals surface area contributed by atoms with Crippen molar-refractivity contribution in [3.05, 3.63) is 89.6 Å². The Bertz CT molecular complexity index is 1560. The van der Waals surface area contributed by atoms with Gasteiger partial charge in [-0.2, -0.15) is 0 Å². The van der Waals surface area contributed by atoms with Crippen molar-refractivity contribution in [1.29, 1.82) is 0 Å². The second kappa shape index (κ2) is 15.9. The molecule has 5 rings (SSSR count). The Kier molecular flexibility index (Phi) is 11.5. The van der Waals surface area contributed by atoms with Crippen molar-refractivity contribution in [2.45, 2.75) is 51.7 Å². The van der Waals surface area contributed by atoms with Gasteiger partial charge in [-0.3, -0.25) is 4.90 Å². The Hall–Kier alpha value is -4.14. The summed E-state index contributed by atoms with van der Waals surface area (Å²) >= 11 is 0. The van der Waals surface area contributed by atoms with Crippen molar-refractivity contribution in [3.63, 3.8) is 0 Å². The minimum atomic E-state index is -0.398. The number of hydrogen-bond acceptors (Lipinski definition) is 7. The SMILES string of the molecule is COC(=O)c1ccc(CN(Cc2c(-c3ccc(OC)cc3)nc(-c3ccccc3)n2CCN(C)C)CC2CCCCC2)cc1OC.